The molecule has 0 fully saturated rings. The lowest BCUT2D eigenvalue weighted by molar-refractivity contribution is -0.870. The van der Waals surface area contributed by atoms with Gasteiger partial charge in [-0.25, -0.2) is 0 Å². The number of likely N-dealkylation sites (N-methyl/N-ethyl adjacent to an activating group) is 1. The van der Waals surface area contributed by atoms with E-state index in [0.29, 0.717) is 23.9 Å². The van der Waals surface area contributed by atoms with Gasteiger partial charge in [0.1, 0.15) is 13.2 Å². The van der Waals surface area contributed by atoms with Crippen molar-refractivity contribution in [3.63, 3.8) is 0 Å². The van der Waals surface area contributed by atoms with Gasteiger partial charge in [0.2, 0.25) is 0 Å². The average Bonchev–Trinajstić information content (AvgIpc) is 3.74. The molecule has 9 nitrogen and oxygen atoms in total. The van der Waals surface area contributed by atoms with Crippen molar-refractivity contribution < 1.29 is 42.9 Å². The number of hydrogen-bond donors (Lipinski definition) is 0. The van der Waals surface area contributed by atoms with E-state index in [4.69, 9.17) is 18.9 Å². The van der Waals surface area contributed by atoms with Crippen molar-refractivity contribution in [3.05, 3.63) is 97.2 Å². The van der Waals surface area contributed by atoms with Gasteiger partial charge in [0.05, 0.1) is 40.3 Å². The highest BCUT2D eigenvalue weighted by atomic mass is 16.7. The number of carbonyl (C=O) groups is 3. The summed E-state index contributed by atoms with van der Waals surface area (Å²) >= 11 is 0. The predicted octanol–water partition coefficient (Wildman–Crippen LogP) is 23.8. The minimum absolute atomic E-state index is 0.147. The van der Waals surface area contributed by atoms with Crippen molar-refractivity contribution in [3.8, 4) is 0 Å². The summed E-state index contributed by atoms with van der Waals surface area (Å²) in [5.74, 6) is -2.26. The lowest BCUT2D eigenvalue weighted by Crippen LogP contribution is -2.44. The van der Waals surface area contributed by atoms with Crippen LogP contribution in [0.15, 0.2) is 97.2 Å². The molecule has 0 aliphatic rings. The average molecular weight is 1300 g/mol. The van der Waals surface area contributed by atoms with E-state index in [1.807, 2.05) is 21.1 Å². The second-order valence-electron chi connectivity index (χ2n) is 27.6. The van der Waals surface area contributed by atoms with Crippen molar-refractivity contribution in [1.82, 2.24) is 0 Å². The predicted molar refractivity (Wildman–Crippen MR) is 398 cm³/mol. The Hall–Kier alpha value is -3.79. The molecule has 93 heavy (non-hydrogen) atoms. The molecule has 0 aromatic rings. The van der Waals surface area contributed by atoms with Gasteiger partial charge in [-0.2, -0.15) is 0 Å². The van der Waals surface area contributed by atoms with Gasteiger partial charge >= 0.3 is 11.9 Å². The summed E-state index contributed by atoms with van der Waals surface area (Å²) in [6.45, 7) is 4.67. The monoisotopic (exact) mass is 1300 g/mol. The SMILES string of the molecule is CC/C=C\C/C=C\C/C=C\C/C=C\C/C=C\CCCCCCCCCCCCCCCCCCCCCC(=O)OC(COC(=O)CCCCCCCCCCCCCCCCCCCC/C=C\C/C=C\C/C=C\CCCCCCC)COC(OCC[N+](C)(C)C)C(=O)[O-]. The molecule has 538 valence electrons. The van der Waals surface area contributed by atoms with Gasteiger partial charge in [-0.3, -0.25) is 9.59 Å². The third-order valence-electron chi connectivity index (χ3n) is 17.3. The minimum Gasteiger partial charge on any atom is -0.545 e. The second-order valence-corrected chi connectivity index (χ2v) is 27.6. The van der Waals surface area contributed by atoms with Crippen LogP contribution in [0.4, 0.5) is 0 Å². The summed E-state index contributed by atoms with van der Waals surface area (Å²) in [4.78, 5) is 37.6. The number of aliphatic carboxylic acids is 1. The third kappa shape index (κ3) is 75.5. The summed E-state index contributed by atoms with van der Waals surface area (Å²) in [7, 11) is 5.94. The highest BCUT2D eigenvalue weighted by molar-refractivity contribution is 5.70. The molecule has 2 unspecified atom stereocenters. The number of allylic oxidation sites excluding steroid dienone is 16. The minimum atomic E-state index is -1.62. The molecule has 0 spiro atoms. The molecular formula is C84H149NO8. The Morgan fingerprint density at radius 1 is 0.333 bits per heavy atom. The Kier molecular flexibility index (Phi) is 71.0. The fraction of sp³-hybridized carbons (Fsp3) is 0.774. The Morgan fingerprint density at radius 3 is 0.914 bits per heavy atom. The van der Waals surface area contributed by atoms with Gasteiger partial charge in [-0.15, -0.1) is 0 Å². The van der Waals surface area contributed by atoms with E-state index in [1.165, 1.54) is 250 Å². The van der Waals surface area contributed by atoms with Crippen LogP contribution in [0, 0.1) is 0 Å². The Labute approximate surface area is 575 Å². The van der Waals surface area contributed by atoms with Crippen LogP contribution < -0.4 is 5.11 Å². The molecule has 0 saturated carbocycles. The fourth-order valence-electron chi connectivity index (χ4n) is 11.3. The summed E-state index contributed by atoms with van der Waals surface area (Å²) in [6.07, 6.45) is 99.5. The number of hydrogen-bond acceptors (Lipinski definition) is 8. The lowest BCUT2D eigenvalue weighted by Gasteiger charge is -2.26. The van der Waals surface area contributed by atoms with Crippen LogP contribution >= 0.6 is 0 Å². The molecule has 0 aliphatic heterocycles. The van der Waals surface area contributed by atoms with Crippen molar-refractivity contribution >= 4 is 17.9 Å². The number of carboxylic acids is 1. The van der Waals surface area contributed by atoms with Crippen molar-refractivity contribution in [2.45, 2.75) is 373 Å². The van der Waals surface area contributed by atoms with Crippen LogP contribution in [0.3, 0.4) is 0 Å². The quantitative estimate of drug-likeness (QED) is 0.0195. The molecule has 0 bridgehead atoms. The molecule has 0 aromatic heterocycles. The van der Waals surface area contributed by atoms with Gasteiger partial charge in [0.25, 0.3) is 0 Å². The van der Waals surface area contributed by atoms with E-state index in [2.05, 4.69) is 111 Å². The number of unbranched alkanes of at least 4 members (excludes halogenated alkanes) is 42. The largest absolute Gasteiger partial charge is 0.545 e. The maximum atomic E-state index is 13.0. The second kappa shape index (κ2) is 74.0. The molecule has 0 aliphatic carbocycles. The summed E-state index contributed by atoms with van der Waals surface area (Å²) in [5.41, 5.74) is 0. The molecule has 0 heterocycles. The first-order chi connectivity index (χ1) is 45.6. The molecule has 0 amide bonds. The van der Waals surface area contributed by atoms with Crippen LogP contribution in [0.1, 0.15) is 361 Å². The number of esters is 2. The number of rotatable bonds is 73. The Morgan fingerprint density at radius 2 is 0.613 bits per heavy atom. The molecule has 2 atom stereocenters. The Bertz CT molecular complexity index is 1850. The van der Waals surface area contributed by atoms with Crippen LogP contribution in [0.5, 0.6) is 0 Å². The van der Waals surface area contributed by atoms with E-state index >= 15 is 0 Å². The molecule has 0 N–H and O–H groups in total. The van der Waals surface area contributed by atoms with E-state index in [9.17, 15) is 19.5 Å². The number of carboxylic acid groups (broad SMARTS) is 1. The van der Waals surface area contributed by atoms with E-state index in [1.54, 1.807) is 0 Å². The number of nitrogens with zero attached hydrogens (tertiary/aromatic N) is 1. The van der Waals surface area contributed by atoms with Gasteiger partial charge in [0.15, 0.2) is 12.4 Å². The first-order valence-electron chi connectivity index (χ1n) is 39.4. The van der Waals surface area contributed by atoms with Gasteiger partial charge in [0, 0.05) is 12.8 Å². The standard InChI is InChI=1S/C84H149NO8/c1-6-8-10-12-14-16-18-20-22-24-26-28-30-32-34-36-38-40-41-43-45-47-49-51-53-55-57-59-61-63-65-67-69-71-73-75-82(87)93-80(79-92-84(83(88)89)90-77-76-85(3,4)5)78-91-81(86)74-72-70-68-66-64-62-60-58-56-54-52-50-48-46-44-42-39-37-35-33-31-29-27-25-23-21-19-17-15-13-11-9-7-2/h8,10,14,16,19-22,25-28,31-34,80,84H,6-7,9,11-13,15,17-18,23-24,29-30,35-79H2,1-5H3/b10-8-,16-14-,21-19-,22-20-,27-25-,28-26-,33-31-,34-32-. The van der Waals surface area contributed by atoms with Crippen molar-refractivity contribution in [1.29, 1.82) is 0 Å². The first kappa shape index (κ1) is 89.2. The maximum Gasteiger partial charge on any atom is 0.306 e. The zero-order valence-electron chi connectivity index (χ0n) is 61.6. The third-order valence-corrected chi connectivity index (χ3v) is 17.3. The smallest absolute Gasteiger partial charge is 0.306 e. The normalized spacial score (nSPS) is 13.2. The number of carbonyl (C=O) groups excluding carboxylic acids is 3. The molecule has 9 heteroatoms. The van der Waals surface area contributed by atoms with Gasteiger partial charge in [-0.05, 0) is 96.3 Å². The van der Waals surface area contributed by atoms with Crippen molar-refractivity contribution in [2.75, 3.05) is 47.5 Å². The molecule has 0 radical (unpaired) electrons. The highest BCUT2D eigenvalue weighted by Gasteiger charge is 2.22. The van der Waals surface area contributed by atoms with E-state index in [-0.39, 0.29) is 32.2 Å². The van der Waals surface area contributed by atoms with Gasteiger partial charge < -0.3 is 33.3 Å². The lowest BCUT2D eigenvalue weighted by atomic mass is 10.0. The Balaban J connectivity index is 4.02. The van der Waals surface area contributed by atoms with Crippen LogP contribution in [0.2, 0.25) is 0 Å². The van der Waals surface area contributed by atoms with Crippen LogP contribution in [-0.2, 0) is 33.3 Å². The highest BCUT2D eigenvalue weighted by Crippen LogP contribution is 2.19. The summed E-state index contributed by atoms with van der Waals surface area (Å²) in [5, 5.41) is 11.9. The topological polar surface area (TPSA) is 111 Å². The zero-order valence-corrected chi connectivity index (χ0v) is 61.6. The first-order valence-corrected chi connectivity index (χ1v) is 39.4. The zero-order chi connectivity index (χ0) is 67.5. The summed E-state index contributed by atoms with van der Waals surface area (Å²) in [6, 6.07) is 0. The van der Waals surface area contributed by atoms with Crippen molar-refractivity contribution in [2.24, 2.45) is 0 Å². The van der Waals surface area contributed by atoms with Gasteiger partial charge in [-0.1, -0.05) is 349 Å². The summed E-state index contributed by atoms with van der Waals surface area (Å²) < 4.78 is 22.9. The number of ether oxygens (including phenoxy) is 4. The van der Waals surface area contributed by atoms with E-state index in [0.717, 1.165) is 77.0 Å². The van der Waals surface area contributed by atoms with Crippen LogP contribution in [-0.4, -0.2) is 82.3 Å². The molecule has 0 rings (SSSR count). The molecule has 0 saturated heterocycles. The van der Waals surface area contributed by atoms with Crippen LogP contribution in [0.25, 0.3) is 0 Å². The fourth-order valence-corrected chi connectivity index (χ4v) is 11.3. The maximum absolute atomic E-state index is 13.0. The molecular weight excluding hydrogens is 1150 g/mol. The molecule has 0 aromatic carbocycles. The van der Waals surface area contributed by atoms with E-state index < -0.39 is 24.3 Å². The number of quaternary nitrogens is 1.